The fourth-order valence-corrected chi connectivity index (χ4v) is 5.92. The summed E-state index contributed by atoms with van der Waals surface area (Å²) in [4.78, 5) is 49.6. The summed E-state index contributed by atoms with van der Waals surface area (Å²) in [5.41, 5.74) is 1.73. The van der Waals surface area contributed by atoms with Crippen molar-refractivity contribution in [3.05, 3.63) is 58.6 Å². The molecule has 39 heavy (non-hydrogen) atoms. The predicted octanol–water partition coefficient (Wildman–Crippen LogP) is 3.39. The highest BCUT2D eigenvalue weighted by molar-refractivity contribution is 6.33. The lowest BCUT2D eigenvalue weighted by molar-refractivity contribution is -0.141. The molecule has 2 aliphatic rings. The smallest absolute Gasteiger partial charge is 0.404 e. The van der Waals surface area contributed by atoms with Crippen molar-refractivity contribution in [3.8, 4) is 11.1 Å². The molecular weight excluding hydrogens is 524 g/mol. The third-order valence-electron chi connectivity index (χ3n) is 7.45. The van der Waals surface area contributed by atoms with Crippen LogP contribution in [0.2, 0.25) is 5.02 Å². The van der Waals surface area contributed by atoms with Gasteiger partial charge < -0.3 is 25.7 Å². The van der Waals surface area contributed by atoms with Crippen molar-refractivity contribution in [3.63, 3.8) is 0 Å². The fraction of sp³-hybridized carbons (Fsp3) is 0.429. The van der Waals surface area contributed by atoms with Crippen LogP contribution in [0.25, 0.3) is 11.1 Å². The van der Waals surface area contributed by atoms with Crippen LogP contribution < -0.4 is 16.0 Å². The number of aryl methyl sites for hydroxylation is 1. The van der Waals surface area contributed by atoms with E-state index in [4.69, 9.17) is 16.7 Å². The standard InChI is InChI=1S/C28H33ClN4O6/c1-17-6-2-7-18(14-17)24-20(9-3-10-21(24)29)28(39,11-5-12-30-27(37)38)19-8-4-13-33(16-19)25(35)22-15-23(34)32-26(36)31-22/h2-3,6-7,9-10,14,19,22,30,39H,4-5,8,11-13,15-16H2,1H3,(H,37,38)(H2,31,32,34,36)/t19-,22-,28+/m1/s1. The molecule has 0 bridgehead atoms. The first kappa shape index (κ1) is 28.4. The lowest BCUT2D eigenvalue weighted by Gasteiger charge is -2.44. The minimum Gasteiger partial charge on any atom is -0.465 e. The number of carboxylic acid groups (broad SMARTS) is 1. The molecule has 2 saturated heterocycles. The van der Waals surface area contributed by atoms with E-state index in [2.05, 4.69) is 16.0 Å². The number of imide groups is 1. The van der Waals surface area contributed by atoms with Crippen molar-refractivity contribution in [1.29, 1.82) is 0 Å². The largest absolute Gasteiger partial charge is 0.465 e. The van der Waals surface area contributed by atoms with Gasteiger partial charge in [-0.15, -0.1) is 0 Å². The van der Waals surface area contributed by atoms with Crippen molar-refractivity contribution in [2.75, 3.05) is 19.6 Å². The van der Waals surface area contributed by atoms with Crippen LogP contribution >= 0.6 is 11.6 Å². The minimum atomic E-state index is -1.45. The summed E-state index contributed by atoms with van der Waals surface area (Å²) in [6.45, 7) is 2.75. The van der Waals surface area contributed by atoms with Crippen molar-refractivity contribution in [1.82, 2.24) is 20.9 Å². The molecule has 208 valence electrons. The number of nitrogens with one attached hydrogen (secondary N) is 3. The molecule has 5 N–H and O–H groups in total. The molecule has 2 aromatic carbocycles. The number of urea groups is 1. The van der Waals surface area contributed by atoms with Gasteiger partial charge in [0.2, 0.25) is 11.8 Å². The minimum absolute atomic E-state index is 0.149. The number of piperidine rings is 1. The van der Waals surface area contributed by atoms with Gasteiger partial charge in [0.15, 0.2) is 0 Å². The van der Waals surface area contributed by atoms with Crippen LogP contribution in [0.3, 0.4) is 0 Å². The third kappa shape index (κ3) is 6.51. The first-order chi connectivity index (χ1) is 18.6. The van der Waals surface area contributed by atoms with Crippen molar-refractivity contribution >= 4 is 35.5 Å². The van der Waals surface area contributed by atoms with E-state index in [-0.39, 0.29) is 31.8 Å². The maximum atomic E-state index is 13.3. The number of aliphatic hydroxyl groups is 1. The molecule has 5 amide bonds. The number of likely N-dealkylation sites (tertiary alicyclic amines) is 1. The monoisotopic (exact) mass is 556 g/mol. The van der Waals surface area contributed by atoms with E-state index < -0.39 is 35.6 Å². The summed E-state index contributed by atoms with van der Waals surface area (Å²) < 4.78 is 0. The summed E-state index contributed by atoms with van der Waals surface area (Å²) in [5.74, 6) is -1.30. The third-order valence-corrected chi connectivity index (χ3v) is 7.77. The van der Waals surface area contributed by atoms with Gasteiger partial charge in [0.25, 0.3) is 0 Å². The second kappa shape index (κ2) is 12.0. The summed E-state index contributed by atoms with van der Waals surface area (Å²) in [5, 5.41) is 29.0. The van der Waals surface area contributed by atoms with E-state index in [0.29, 0.717) is 42.0 Å². The van der Waals surface area contributed by atoms with Gasteiger partial charge >= 0.3 is 12.1 Å². The van der Waals surface area contributed by atoms with Gasteiger partial charge in [-0.1, -0.05) is 53.6 Å². The zero-order valence-electron chi connectivity index (χ0n) is 21.7. The quantitative estimate of drug-likeness (QED) is 0.315. The number of rotatable bonds is 8. The maximum absolute atomic E-state index is 13.3. The Labute approximate surface area is 231 Å². The van der Waals surface area contributed by atoms with Gasteiger partial charge in [-0.05, 0) is 49.8 Å². The van der Waals surface area contributed by atoms with Gasteiger partial charge in [-0.3, -0.25) is 14.9 Å². The predicted molar refractivity (Wildman–Crippen MR) is 145 cm³/mol. The molecule has 0 spiro atoms. The molecule has 11 heteroatoms. The Morgan fingerprint density at radius 3 is 2.69 bits per heavy atom. The Kier molecular flexibility index (Phi) is 8.76. The van der Waals surface area contributed by atoms with E-state index in [1.165, 1.54) is 0 Å². The van der Waals surface area contributed by atoms with Gasteiger partial charge in [0.05, 0.1) is 12.0 Å². The highest BCUT2D eigenvalue weighted by Gasteiger charge is 2.44. The van der Waals surface area contributed by atoms with Crippen molar-refractivity contribution < 1.29 is 29.4 Å². The second-order valence-electron chi connectivity index (χ2n) is 10.2. The van der Waals surface area contributed by atoms with Crippen molar-refractivity contribution in [2.45, 2.75) is 50.7 Å². The lowest BCUT2D eigenvalue weighted by atomic mass is 9.72. The Morgan fingerprint density at radius 2 is 1.97 bits per heavy atom. The number of hydrogen-bond acceptors (Lipinski definition) is 5. The van der Waals surface area contributed by atoms with Gasteiger partial charge in [-0.25, -0.2) is 9.59 Å². The normalized spacial score (nSPS) is 20.9. The summed E-state index contributed by atoms with van der Waals surface area (Å²) in [6, 6.07) is 11.5. The van der Waals surface area contributed by atoms with Crippen LogP contribution in [0.1, 0.15) is 43.2 Å². The van der Waals surface area contributed by atoms with E-state index in [1.807, 2.05) is 37.3 Å². The summed E-state index contributed by atoms with van der Waals surface area (Å²) in [7, 11) is 0. The van der Waals surface area contributed by atoms with Crippen LogP contribution in [0.4, 0.5) is 9.59 Å². The van der Waals surface area contributed by atoms with E-state index >= 15 is 0 Å². The molecule has 0 radical (unpaired) electrons. The average molecular weight is 557 g/mol. The van der Waals surface area contributed by atoms with Crippen molar-refractivity contribution in [2.24, 2.45) is 5.92 Å². The van der Waals surface area contributed by atoms with Crippen LogP contribution in [0.15, 0.2) is 42.5 Å². The molecule has 3 atom stereocenters. The molecular formula is C28H33ClN4O6. The molecule has 2 aromatic rings. The van der Waals surface area contributed by atoms with Gasteiger partial charge in [-0.2, -0.15) is 0 Å². The molecule has 2 fully saturated rings. The van der Waals surface area contributed by atoms with E-state index in [9.17, 15) is 24.3 Å². The molecule has 0 saturated carbocycles. The molecule has 0 unspecified atom stereocenters. The van der Waals surface area contributed by atoms with Gasteiger partial charge in [0.1, 0.15) is 6.04 Å². The van der Waals surface area contributed by atoms with Gasteiger partial charge in [0, 0.05) is 36.1 Å². The average Bonchev–Trinajstić information content (AvgIpc) is 2.90. The Hall–Kier alpha value is -3.63. The van der Waals surface area contributed by atoms with Crippen LogP contribution in [-0.2, 0) is 15.2 Å². The highest BCUT2D eigenvalue weighted by atomic mass is 35.5. The molecule has 2 heterocycles. The highest BCUT2D eigenvalue weighted by Crippen LogP contribution is 2.45. The topological polar surface area (TPSA) is 148 Å². The second-order valence-corrected chi connectivity index (χ2v) is 10.6. The molecule has 0 aliphatic carbocycles. The Balaban J connectivity index is 1.69. The molecule has 4 rings (SSSR count). The number of halogens is 1. The zero-order valence-corrected chi connectivity index (χ0v) is 22.5. The summed E-state index contributed by atoms with van der Waals surface area (Å²) in [6.07, 6.45) is 0.508. The SMILES string of the molecule is Cc1cccc(-c2c(Cl)cccc2[C@](O)(CCCNC(=O)O)[C@@H]2CCCN(C(=O)[C@H]3CC(=O)NC(=O)N3)C2)c1. The molecule has 2 aliphatic heterocycles. The van der Waals surface area contributed by atoms with Crippen LogP contribution in [0.5, 0.6) is 0 Å². The number of carbonyl (C=O) groups excluding carboxylic acids is 3. The van der Waals surface area contributed by atoms with Crippen LogP contribution in [0, 0.1) is 12.8 Å². The molecule has 10 nitrogen and oxygen atoms in total. The summed E-state index contributed by atoms with van der Waals surface area (Å²) >= 11 is 6.73. The number of benzene rings is 2. The first-order valence-corrected chi connectivity index (χ1v) is 13.4. The molecule has 0 aromatic heterocycles. The Bertz CT molecular complexity index is 1250. The first-order valence-electron chi connectivity index (χ1n) is 13.0. The fourth-order valence-electron chi connectivity index (χ4n) is 5.64. The van der Waals surface area contributed by atoms with E-state index in [1.54, 1.807) is 17.0 Å². The number of amides is 5. The number of nitrogens with zero attached hydrogens (tertiary/aromatic N) is 1. The maximum Gasteiger partial charge on any atom is 0.404 e. The zero-order chi connectivity index (χ0) is 28.2. The lowest BCUT2D eigenvalue weighted by Crippen LogP contribution is -2.60. The number of hydrogen-bond donors (Lipinski definition) is 5. The number of carbonyl (C=O) groups is 4. The van der Waals surface area contributed by atoms with E-state index in [0.717, 1.165) is 11.1 Å². The Morgan fingerprint density at radius 1 is 1.21 bits per heavy atom. The van der Waals surface area contributed by atoms with Crippen LogP contribution in [-0.4, -0.2) is 64.7 Å².